The van der Waals surface area contributed by atoms with E-state index in [2.05, 4.69) is 19.9 Å². The minimum absolute atomic E-state index is 0.0307. The largest absolute Gasteiger partial charge is 0.497 e. The Morgan fingerprint density at radius 3 is 2.17 bits per heavy atom. The number of hydrogen-bond donors (Lipinski definition) is 0. The van der Waals surface area contributed by atoms with Crippen molar-refractivity contribution in [2.75, 3.05) is 43.4 Å². The van der Waals surface area contributed by atoms with Gasteiger partial charge in [-0.3, -0.25) is 0 Å². The maximum atomic E-state index is 15.4. The zero-order valence-electron chi connectivity index (χ0n) is 26.1. The second kappa shape index (κ2) is 13.2. The number of methoxy groups -OCH3 is 2. The number of anilines is 2. The maximum absolute atomic E-state index is 15.4. The van der Waals surface area contributed by atoms with Gasteiger partial charge in [0.2, 0.25) is 20.9 Å². The van der Waals surface area contributed by atoms with Crippen LogP contribution >= 0.6 is 11.6 Å². The van der Waals surface area contributed by atoms with E-state index in [0.29, 0.717) is 18.9 Å². The third-order valence-electron chi connectivity index (χ3n) is 7.95. The van der Waals surface area contributed by atoms with Crippen molar-refractivity contribution in [2.45, 2.75) is 31.2 Å². The quantitative estimate of drug-likeness (QED) is 0.132. The Bertz CT molecular complexity index is 1980. The highest BCUT2D eigenvalue weighted by molar-refractivity contribution is 7.90. The smallest absolute Gasteiger partial charge is 0.249 e. The highest BCUT2D eigenvalue weighted by Crippen LogP contribution is 2.41. The summed E-state index contributed by atoms with van der Waals surface area (Å²) in [4.78, 5) is 21.5. The van der Waals surface area contributed by atoms with E-state index in [-0.39, 0.29) is 35.8 Å². The first kappa shape index (κ1) is 32.2. The summed E-state index contributed by atoms with van der Waals surface area (Å²) in [6, 6.07) is 19.0. The fourth-order valence-electron chi connectivity index (χ4n) is 5.55. The normalized spacial score (nSPS) is 13.5. The highest BCUT2D eigenvalue weighted by Gasteiger charge is 2.32. The van der Waals surface area contributed by atoms with Gasteiger partial charge >= 0.3 is 0 Å². The molecule has 0 aliphatic carbocycles. The third kappa shape index (κ3) is 6.58. The molecule has 14 heteroatoms. The van der Waals surface area contributed by atoms with Crippen LogP contribution in [0.3, 0.4) is 0 Å². The maximum Gasteiger partial charge on any atom is 0.249 e. The number of sulfone groups is 1. The summed E-state index contributed by atoms with van der Waals surface area (Å²) < 4.78 is 57.3. The molecule has 3 aromatic heterocycles. The molecule has 6 rings (SSSR count). The molecule has 0 unspecified atom stereocenters. The van der Waals surface area contributed by atoms with Crippen molar-refractivity contribution in [3.63, 3.8) is 0 Å². The second-order valence-corrected chi connectivity index (χ2v) is 13.3. The van der Waals surface area contributed by atoms with E-state index in [9.17, 15) is 8.42 Å². The van der Waals surface area contributed by atoms with Crippen LogP contribution < -0.4 is 24.0 Å². The minimum Gasteiger partial charge on any atom is -0.497 e. The summed E-state index contributed by atoms with van der Waals surface area (Å²) in [5, 5.41) is -0.860. The lowest BCUT2D eigenvalue weighted by Crippen LogP contribution is -2.33. The molecule has 1 atom stereocenters. The summed E-state index contributed by atoms with van der Waals surface area (Å²) in [7, 11) is -0.676. The molecule has 0 fully saturated rings. The van der Waals surface area contributed by atoms with E-state index in [4.69, 9.17) is 30.8 Å². The predicted molar refractivity (Wildman–Crippen MR) is 177 cm³/mol. The number of halogens is 2. The summed E-state index contributed by atoms with van der Waals surface area (Å²) in [6.45, 7) is 3.41. The van der Waals surface area contributed by atoms with Crippen molar-refractivity contribution < 1.29 is 27.0 Å². The molecule has 0 amide bonds. The lowest BCUT2D eigenvalue weighted by Gasteiger charge is -2.33. The van der Waals surface area contributed by atoms with E-state index in [1.54, 1.807) is 20.4 Å². The van der Waals surface area contributed by atoms with Gasteiger partial charge in [0.05, 0.1) is 26.8 Å². The minimum atomic E-state index is -3.93. The summed E-state index contributed by atoms with van der Waals surface area (Å²) >= 11 is 6.07. The predicted octanol–water partition coefficient (Wildman–Crippen LogP) is 5.80. The van der Waals surface area contributed by atoms with Crippen LogP contribution in [0.4, 0.5) is 16.0 Å². The van der Waals surface area contributed by atoms with Gasteiger partial charge < -0.3 is 24.0 Å². The Kier molecular flexibility index (Phi) is 9.02. The zero-order valence-corrected chi connectivity index (χ0v) is 27.7. The number of benzene rings is 2. The topological polar surface area (TPSA) is 120 Å². The van der Waals surface area contributed by atoms with Crippen molar-refractivity contribution in [1.82, 2.24) is 19.9 Å². The molecule has 0 radical (unpaired) electrons. The number of rotatable bonds is 10. The lowest BCUT2D eigenvalue weighted by atomic mass is 10.1. The summed E-state index contributed by atoms with van der Waals surface area (Å²) in [6.07, 6.45) is 2.70. The van der Waals surface area contributed by atoms with Crippen LogP contribution in [-0.4, -0.2) is 62.0 Å². The van der Waals surface area contributed by atoms with Gasteiger partial charge in [-0.15, -0.1) is 0 Å². The molecule has 0 bridgehead atoms. The van der Waals surface area contributed by atoms with E-state index in [0.717, 1.165) is 34.4 Å². The van der Waals surface area contributed by atoms with Crippen molar-refractivity contribution in [3.05, 3.63) is 94.5 Å². The van der Waals surface area contributed by atoms with Crippen LogP contribution in [0.5, 0.6) is 17.4 Å². The standard InChI is InChI=1S/C33H32ClFN6O5S/c1-20(41-16-17-46-32-26-28(27(35)29(34)38-32)37-33(39-31(26)41)47(4,42)43)25-6-5-15-36-30(25)40(18-21-7-11-23(44-2)12-8-21)19-22-9-13-24(45-3)14-10-22/h5-15,20H,16-19H2,1-4H3/t20-/m1/s1. The van der Waals surface area contributed by atoms with E-state index in [1.165, 1.54) is 0 Å². The second-order valence-electron chi connectivity index (χ2n) is 11.0. The van der Waals surface area contributed by atoms with Crippen LogP contribution in [0.1, 0.15) is 29.7 Å². The zero-order chi connectivity index (χ0) is 33.3. The Balaban J connectivity index is 1.47. The summed E-state index contributed by atoms with van der Waals surface area (Å²) in [5.41, 5.74) is 2.62. The van der Waals surface area contributed by atoms with Gasteiger partial charge in [0, 0.05) is 31.1 Å². The molecule has 5 aromatic rings. The first-order valence-electron chi connectivity index (χ1n) is 14.7. The monoisotopic (exact) mass is 678 g/mol. The first-order chi connectivity index (χ1) is 22.6. The Morgan fingerprint density at radius 2 is 1.60 bits per heavy atom. The number of hydrogen-bond acceptors (Lipinski definition) is 11. The van der Waals surface area contributed by atoms with Crippen LogP contribution in [0.15, 0.2) is 72.0 Å². The van der Waals surface area contributed by atoms with Gasteiger partial charge in [0.15, 0.2) is 11.0 Å². The lowest BCUT2D eigenvalue weighted by molar-refractivity contribution is 0.316. The van der Waals surface area contributed by atoms with Gasteiger partial charge in [-0.05, 0) is 48.4 Å². The molecule has 0 N–H and O–H groups in total. The molecule has 0 spiro atoms. The molecular formula is C33H32ClFN6O5S. The molecule has 244 valence electrons. The number of nitrogens with zero attached hydrogens (tertiary/aromatic N) is 6. The first-order valence-corrected chi connectivity index (χ1v) is 17.0. The van der Waals surface area contributed by atoms with E-state index < -0.39 is 32.0 Å². The molecule has 0 saturated heterocycles. The van der Waals surface area contributed by atoms with Crippen molar-refractivity contribution >= 4 is 44.0 Å². The Morgan fingerprint density at radius 1 is 0.979 bits per heavy atom. The Labute approximate surface area is 276 Å². The van der Waals surface area contributed by atoms with Crippen LogP contribution in [0, 0.1) is 5.82 Å². The molecule has 1 aliphatic rings. The molecular weight excluding hydrogens is 647 g/mol. The van der Waals surface area contributed by atoms with Crippen molar-refractivity contribution in [2.24, 2.45) is 0 Å². The molecule has 47 heavy (non-hydrogen) atoms. The van der Waals surface area contributed by atoms with Crippen LogP contribution in [0.2, 0.25) is 5.15 Å². The SMILES string of the molecule is COc1ccc(CN(Cc2ccc(OC)cc2)c2ncccc2[C@@H](C)N2CCOc3nc(Cl)c(F)c4nc(S(C)(=O)=O)nc2c34)cc1. The van der Waals surface area contributed by atoms with Crippen LogP contribution in [0.25, 0.3) is 10.9 Å². The van der Waals surface area contributed by atoms with Crippen LogP contribution in [-0.2, 0) is 22.9 Å². The van der Waals surface area contributed by atoms with Crippen molar-refractivity contribution in [3.8, 4) is 17.4 Å². The third-order valence-corrected chi connectivity index (χ3v) is 9.04. The van der Waals surface area contributed by atoms with Gasteiger partial charge in [0.25, 0.3) is 0 Å². The fourth-order valence-corrected chi connectivity index (χ4v) is 6.23. The summed E-state index contributed by atoms with van der Waals surface area (Å²) in [5.74, 6) is 1.45. The number of pyridine rings is 2. The highest BCUT2D eigenvalue weighted by atomic mass is 35.5. The number of ether oxygens (including phenoxy) is 3. The van der Waals surface area contributed by atoms with E-state index >= 15 is 4.39 Å². The molecule has 4 heterocycles. The Hall–Kier alpha value is -4.75. The molecule has 1 aliphatic heterocycles. The number of aromatic nitrogens is 4. The molecule has 0 saturated carbocycles. The van der Waals surface area contributed by atoms with Gasteiger partial charge in [0.1, 0.15) is 40.6 Å². The average molecular weight is 679 g/mol. The average Bonchev–Trinajstić information content (AvgIpc) is 3.26. The molecule has 11 nitrogen and oxygen atoms in total. The van der Waals surface area contributed by atoms with Gasteiger partial charge in [-0.25, -0.2) is 27.8 Å². The molecule has 2 aromatic carbocycles. The van der Waals surface area contributed by atoms with Gasteiger partial charge in [-0.1, -0.05) is 41.9 Å². The van der Waals surface area contributed by atoms with Crippen molar-refractivity contribution in [1.29, 1.82) is 0 Å². The fraction of sp³-hybridized carbons (Fsp3) is 0.273. The van der Waals surface area contributed by atoms with Gasteiger partial charge in [-0.2, -0.15) is 4.98 Å². The van der Waals surface area contributed by atoms with E-state index in [1.807, 2.05) is 72.5 Å².